The topological polar surface area (TPSA) is 48.2 Å². The molecule has 1 aliphatic heterocycles. The summed E-state index contributed by atoms with van der Waals surface area (Å²) in [7, 11) is 0. The first-order chi connectivity index (χ1) is 9.38. The van der Waals surface area contributed by atoms with Gasteiger partial charge < -0.3 is 5.32 Å². The number of nitrogens with one attached hydrogen (secondary N) is 1. The van der Waals surface area contributed by atoms with Crippen LogP contribution in [-0.4, -0.2) is 18.9 Å². The second kappa shape index (κ2) is 4.95. The van der Waals surface area contributed by atoms with Crippen molar-refractivity contribution in [3.8, 4) is 17.2 Å². The number of hydrogen-bond donors (Lipinski definition) is 1. The molecule has 2 aromatic rings. The maximum Gasteiger partial charge on any atom is 0.128 e. The van der Waals surface area contributed by atoms with Gasteiger partial charge >= 0.3 is 0 Å². The zero-order valence-corrected chi connectivity index (χ0v) is 10.4. The number of amidine groups is 1. The summed E-state index contributed by atoms with van der Waals surface area (Å²) in [6.07, 6.45) is 0. The van der Waals surface area contributed by atoms with Crippen LogP contribution in [0.15, 0.2) is 53.5 Å². The smallest absolute Gasteiger partial charge is 0.128 e. The lowest BCUT2D eigenvalue weighted by atomic mass is 9.99. The summed E-state index contributed by atoms with van der Waals surface area (Å²) < 4.78 is 0. The van der Waals surface area contributed by atoms with E-state index in [1.807, 2.05) is 48.5 Å². The SMILES string of the molecule is N#Cc1ccccc1-c1ccc(C2=NCCN2)cc1. The van der Waals surface area contributed by atoms with Crippen LogP contribution in [0.2, 0.25) is 0 Å². The van der Waals surface area contributed by atoms with Crippen molar-refractivity contribution in [1.29, 1.82) is 5.26 Å². The third kappa shape index (κ3) is 2.21. The first kappa shape index (κ1) is 11.5. The van der Waals surface area contributed by atoms with E-state index in [1.54, 1.807) is 0 Å². The van der Waals surface area contributed by atoms with E-state index in [0.29, 0.717) is 5.56 Å². The Balaban J connectivity index is 1.97. The molecular weight excluding hydrogens is 234 g/mol. The maximum atomic E-state index is 9.13. The predicted molar refractivity (Wildman–Crippen MR) is 76.0 cm³/mol. The molecule has 3 rings (SSSR count). The normalized spacial score (nSPS) is 13.5. The fraction of sp³-hybridized carbons (Fsp3) is 0.125. The molecule has 0 saturated carbocycles. The van der Waals surface area contributed by atoms with Gasteiger partial charge in [-0.3, -0.25) is 4.99 Å². The van der Waals surface area contributed by atoms with Crippen LogP contribution in [0.3, 0.4) is 0 Å². The van der Waals surface area contributed by atoms with Gasteiger partial charge in [0, 0.05) is 12.1 Å². The highest BCUT2D eigenvalue weighted by molar-refractivity contribution is 6.00. The summed E-state index contributed by atoms with van der Waals surface area (Å²) in [5, 5.41) is 12.4. The minimum absolute atomic E-state index is 0.701. The Bertz CT molecular complexity index is 663. The summed E-state index contributed by atoms with van der Waals surface area (Å²) in [6, 6.07) is 18.0. The van der Waals surface area contributed by atoms with Crippen molar-refractivity contribution in [1.82, 2.24) is 5.32 Å². The van der Waals surface area contributed by atoms with E-state index < -0.39 is 0 Å². The predicted octanol–water partition coefficient (Wildman–Crippen LogP) is 2.58. The van der Waals surface area contributed by atoms with Crippen LogP contribution in [0.25, 0.3) is 11.1 Å². The Morgan fingerprint density at radius 3 is 2.42 bits per heavy atom. The average molecular weight is 247 g/mol. The number of aliphatic imine (C=N–C) groups is 1. The molecular formula is C16H13N3. The summed E-state index contributed by atoms with van der Waals surface area (Å²) in [4.78, 5) is 4.40. The summed E-state index contributed by atoms with van der Waals surface area (Å²) in [5.41, 5.74) is 3.82. The lowest BCUT2D eigenvalue weighted by Crippen LogP contribution is -2.19. The van der Waals surface area contributed by atoms with Crippen molar-refractivity contribution < 1.29 is 0 Å². The highest BCUT2D eigenvalue weighted by atomic mass is 15.1. The van der Waals surface area contributed by atoms with Crippen molar-refractivity contribution in [3.63, 3.8) is 0 Å². The molecule has 0 atom stereocenters. The fourth-order valence-corrected chi connectivity index (χ4v) is 2.23. The van der Waals surface area contributed by atoms with Gasteiger partial charge in [-0.25, -0.2) is 0 Å². The molecule has 3 heteroatoms. The van der Waals surface area contributed by atoms with Crippen LogP contribution in [0.4, 0.5) is 0 Å². The monoisotopic (exact) mass is 247 g/mol. The van der Waals surface area contributed by atoms with E-state index in [2.05, 4.69) is 16.4 Å². The molecule has 0 fully saturated rings. The van der Waals surface area contributed by atoms with E-state index in [4.69, 9.17) is 5.26 Å². The van der Waals surface area contributed by atoms with Crippen molar-refractivity contribution >= 4 is 5.84 Å². The second-order valence-corrected chi connectivity index (χ2v) is 4.39. The van der Waals surface area contributed by atoms with Gasteiger partial charge in [0.05, 0.1) is 18.2 Å². The van der Waals surface area contributed by atoms with Crippen molar-refractivity contribution in [2.45, 2.75) is 0 Å². The molecule has 0 bridgehead atoms. The van der Waals surface area contributed by atoms with Crippen molar-refractivity contribution in [2.75, 3.05) is 13.1 Å². The number of nitriles is 1. The van der Waals surface area contributed by atoms with E-state index in [0.717, 1.165) is 35.6 Å². The number of rotatable bonds is 2. The van der Waals surface area contributed by atoms with Gasteiger partial charge in [0.1, 0.15) is 5.84 Å². The molecule has 1 heterocycles. The minimum Gasteiger partial charge on any atom is -0.368 e. The maximum absolute atomic E-state index is 9.13. The molecule has 92 valence electrons. The van der Waals surface area contributed by atoms with Crippen LogP contribution in [0, 0.1) is 11.3 Å². The standard InChI is InChI=1S/C16H13N3/c17-11-14-3-1-2-4-15(14)12-5-7-13(8-6-12)16-18-9-10-19-16/h1-8H,9-10H2,(H,18,19). The first-order valence-corrected chi connectivity index (χ1v) is 6.27. The van der Waals surface area contributed by atoms with Crippen molar-refractivity contribution in [2.24, 2.45) is 4.99 Å². The molecule has 2 aromatic carbocycles. The molecule has 0 aromatic heterocycles. The number of hydrogen-bond acceptors (Lipinski definition) is 3. The third-order valence-electron chi connectivity index (χ3n) is 3.19. The van der Waals surface area contributed by atoms with Crippen LogP contribution >= 0.6 is 0 Å². The Hall–Kier alpha value is -2.60. The van der Waals surface area contributed by atoms with Gasteiger partial charge in [-0.1, -0.05) is 42.5 Å². The molecule has 0 unspecified atom stereocenters. The average Bonchev–Trinajstić information content (AvgIpc) is 3.02. The Morgan fingerprint density at radius 1 is 1.00 bits per heavy atom. The van der Waals surface area contributed by atoms with Crippen molar-refractivity contribution in [3.05, 3.63) is 59.7 Å². The second-order valence-electron chi connectivity index (χ2n) is 4.39. The highest BCUT2D eigenvalue weighted by Gasteiger charge is 2.08. The summed E-state index contributed by atoms with van der Waals surface area (Å²) in [5.74, 6) is 0.958. The molecule has 19 heavy (non-hydrogen) atoms. The number of nitrogens with zero attached hydrogens (tertiary/aromatic N) is 2. The van der Waals surface area contributed by atoms with Crippen LogP contribution < -0.4 is 5.32 Å². The van der Waals surface area contributed by atoms with E-state index >= 15 is 0 Å². The summed E-state index contributed by atoms with van der Waals surface area (Å²) >= 11 is 0. The van der Waals surface area contributed by atoms with Crippen LogP contribution in [-0.2, 0) is 0 Å². The Labute approximate surface area is 112 Å². The van der Waals surface area contributed by atoms with E-state index in [9.17, 15) is 0 Å². The zero-order valence-electron chi connectivity index (χ0n) is 10.4. The third-order valence-corrected chi connectivity index (χ3v) is 3.19. The van der Waals surface area contributed by atoms with E-state index in [-0.39, 0.29) is 0 Å². The van der Waals surface area contributed by atoms with Gasteiger partial charge in [0.2, 0.25) is 0 Å². The Morgan fingerprint density at radius 2 is 1.74 bits per heavy atom. The molecule has 3 nitrogen and oxygen atoms in total. The van der Waals surface area contributed by atoms with E-state index in [1.165, 1.54) is 0 Å². The summed E-state index contributed by atoms with van der Waals surface area (Å²) in [6.45, 7) is 1.75. The quantitative estimate of drug-likeness (QED) is 0.886. The molecule has 0 amide bonds. The molecule has 0 saturated heterocycles. The van der Waals surface area contributed by atoms with Gasteiger partial charge in [-0.05, 0) is 17.2 Å². The molecule has 0 radical (unpaired) electrons. The lowest BCUT2D eigenvalue weighted by Gasteiger charge is -2.06. The zero-order chi connectivity index (χ0) is 13.1. The molecule has 1 aliphatic rings. The van der Waals surface area contributed by atoms with Gasteiger partial charge in [0.25, 0.3) is 0 Å². The van der Waals surface area contributed by atoms with Gasteiger partial charge in [0.15, 0.2) is 0 Å². The molecule has 0 spiro atoms. The van der Waals surface area contributed by atoms with Gasteiger partial charge in [-0.2, -0.15) is 5.26 Å². The molecule has 1 N–H and O–H groups in total. The lowest BCUT2D eigenvalue weighted by molar-refractivity contribution is 0.960. The first-order valence-electron chi connectivity index (χ1n) is 6.27. The highest BCUT2D eigenvalue weighted by Crippen LogP contribution is 2.23. The van der Waals surface area contributed by atoms with Crippen LogP contribution in [0.5, 0.6) is 0 Å². The van der Waals surface area contributed by atoms with Gasteiger partial charge in [-0.15, -0.1) is 0 Å². The largest absolute Gasteiger partial charge is 0.368 e. The number of benzene rings is 2. The molecule has 0 aliphatic carbocycles. The van der Waals surface area contributed by atoms with Crippen LogP contribution in [0.1, 0.15) is 11.1 Å². The Kier molecular flexibility index (Phi) is 2.99. The minimum atomic E-state index is 0.701. The fourth-order valence-electron chi connectivity index (χ4n) is 2.23.